The van der Waals surface area contributed by atoms with E-state index in [0.717, 1.165) is 16.4 Å². The van der Waals surface area contributed by atoms with Crippen molar-refractivity contribution in [2.24, 2.45) is 0 Å². The second-order valence-corrected chi connectivity index (χ2v) is 8.10. The molecule has 0 spiro atoms. The van der Waals surface area contributed by atoms with Crippen LogP contribution in [0.15, 0.2) is 18.2 Å². The van der Waals surface area contributed by atoms with Crippen molar-refractivity contribution in [3.63, 3.8) is 0 Å². The quantitative estimate of drug-likeness (QED) is 0.814. The molecule has 2 heterocycles. The van der Waals surface area contributed by atoms with Gasteiger partial charge in [-0.25, -0.2) is 0 Å². The summed E-state index contributed by atoms with van der Waals surface area (Å²) in [6, 6.07) is 5.48. The second-order valence-electron chi connectivity index (χ2n) is 7.09. The van der Waals surface area contributed by atoms with Crippen LogP contribution >= 0.6 is 11.3 Å². The van der Waals surface area contributed by atoms with Crippen molar-refractivity contribution in [2.45, 2.75) is 39.2 Å². The molecule has 0 saturated heterocycles. The van der Waals surface area contributed by atoms with Crippen molar-refractivity contribution in [2.75, 3.05) is 29.0 Å². The number of nitrogens with two attached hydrogens (primary N) is 1. The van der Waals surface area contributed by atoms with Gasteiger partial charge in [0.25, 0.3) is 0 Å². The number of carbonyl (C=O) groups is 1. The highest BCUT2D eigenvalue weighted by Gasteiger charge is 2.32. The Kier molecular flexibility index (Phi) is 4.55. The minimum atomic E-state index is -0.392. The van der Waals surface area contributed by atoms with E-state index in [2.05, 4.69) is 15.5 Å². The molecule has 0 radical (unpaired) electrons. The van der Waals surface area contributed by atoms with E-state index in [0.29, 0.717) is 17.4 Å². The highest BCUT2D eigenvalue weighted by Crippen LogP contribution is 2.38. The van der Waals surface area contributed by atoms with Crippen molar-refractivity contribution in [1.82, 2.24) is 10.2 Å². The average Bonchev–Trinajstić information content (AvgIpc) is 2.96. The molecule has 134 valence electrons. The minimum absolute atomic E-state index is 0.141. The fourth-order valence-electron chi connectivity index (χ4n) is 2.73. The summed E-state index contributed by atoms with van der Waals surface area (Å²) >= 11 is 1.40. The molecule has 1 aliphatic rings. The van der Waals surface area contributed by atoms with Crippen molar-refractivity contribution in [3.05, 3.63) is 23.2 Å². The first kappa shape index (κ1) is 17.5. The predicted octanol–water partition coefficient (Wildman–Crippen LogP) is 2.86. The zero-order chi connectivity index (χ0) is 18.2. The van der Waals surface area contributed by atoms with E-state index >= 15 is 0 Å². The second kappa shape index (κ2) is 6.51. The maximum atomic E-state index is 12.5. The van der Waals surface area contributed by atoms with Crippen LogP contribution in [0.1, 0.15) is 38.6 Å². The number of ether oxygens (including phenoxy) is 1. The largest absolute Gasteiger partial charge is 0.484 e. The third-order valence-corrected chi connectivity index (χ3v) is 4.94. The van der Waals surface area contributed by atoms with Crippen molar-refractivity contribution >= 4 is 33.8 Å². The third-order valence-electron chi connectivity index (χ3n) is 3.80. The van der Waals surface area contributed by atoms with E-state index in [9.17, 15) is 4.79 Å². The molecule has 1 amide bonds. The van der Waals surface area contributed by atoms with Gasteiger partial charge in [0.05, 0.1) is 18.8 Å². The van der Waals surface area contributed by atoms with Gasteiger partial charge in [0, 0.05) is 11.6 Å². The molecule has 1 aromatic carbocycles. The van der Waals surface area contributed by atoms with E-state index < -0.39 is 5.60 Å². The summed E-state index contributed by atoms with van der Waals surface area (Å²) < 4.78 is 5.98. The number of anilines is 3. The first-order valence-electron chi connectivity index (χ1n) is 8.20. The Labute approximate surface area is 151 Å². The van der Waals surface area contributed by atoms with Gasteiger partial charge in [-0.15, -0.1) is 10.2 Å². The molecule has 1 aromatic heterocycles. The summed E-state index contributed by atoms with van der Waals surface area (Å²) in [6.07, 6.45) is 0. The molecule has 8 heteroatoms. The monoisotopic (exact) mass is 361 g/mol. The van der Waals surface area contributed by atoms with Crippen LogP contribution in [-0.4, -0.2) is 34.8 Å². The molecule has 0 fully saturated rings. The number of hydrogen-bond acceptors (Lipinski definition) is 7. The topological polar surface area (TPSA) is 93.4 Å². The standard InChI is InChI=1S/C17H23N5O2S/c1-10(2)15-20-21-16(25-15)19-14(23)8-22-9-17(3,4)24-13-6-5-11(18)7-12(13)22/h5-7,10H,8-9,18H2,1-4H3,(H,19,21,23). The fourth-order valence-corrected chi connectivity index (χ4v) is 3.50. The van der Waals surface area contributed by atoms with Crippen LogP contribution in [0.2, 0.25) is 0 Å². The molecule has 0 aliphatic carbocycles. The number of aromatic nitrogens is 2. The van der Waals surface area contributed by atoms with E-state index in [1.807, 2.05) is 44.7 Å². The number of amides is 1. The summed E-state index contributed by atoms with van der Waals surface area (Å²) in [5, 5.41) is 12.4. The lowest BCUT2D eigenvalue weighted by Crippen LogP contribution is -2.49. The van der Waals surface area contributed by atoms with Gasteiger partial charge >= 0.3 is 0 Å². The number of benzene rings is 1. The number of nitrogens with zero attached hydrogens (tertiary/aromatic N) is 3. The van der Waals surface area contributed by atoms with Crippen molar-refractivity contribution < 1.29 is 9.53 Å². The molecule has 1 aliphatic heterocycles. The third kappa shape index (κ3) is 4.01. The van der Waals surface area contributed by atoms with E-state index in [-0.39, 0.29) is 18.4 Å². The van der Waals surface area contributed by atoms with Gasteiger partial charge in [-0.05, 0) is 32.0 Å². The summed E-state index contributed by atoms with van der Waals surface area (Å²) in [5.74, 6) is 0.881. The average molecular weight is 361 g/mol. The maximum Gasteiger partial charge on any atom is 0.245 e. The van der Waals surface area contributed by atoms with Crippen molar-refractivity contribution in [3.8, 4) is 5.75 Å². The van der Waals surface area contributed by atoms with Gasteiger partial charge in [-0.3, -0.25) is 10.1 Å². The molecular weight excluding hydrogens is 338 g/mol. The molecule has 0 atom stereocenters. The number of nitrogen functional groups attached to an aromatic ring is 1. The molecule has 0 bridgehead atoms. The van der Waals surface area contributed by atoms with Crippen LogP contribution < -0.4 is 20.7 Å². The predicted molar refractivity (Wildman–Crippen MR) is 100 cm³/mol. The van der Waals surface area contributed by atoms with Crippen molar-refractivity contribution in [1.29, 1.82) is 0 Å². The zero-order valence-corrected chi connectivity index (χ0v) is 15.7. The van der Waals surface area contributed by atoms with Gasteiger partial charge in [-0.1, -0.05) is 25.2 Å². The van der Waals surface area contributed by atoms with Gasteiger partial charge in [0.15, 0.2) is 0 Å². The van der Waals surface area contributed by atoms with Gasteiger partial charge in [-0.2, -0.15) is 0 Å². The normalized spacial score (nSPS) is 15.6. The van der Waals surface area contributed by atoms with E-state index in [1.165, 1.54) is 11.3 Å². The lowest BCUT2D eigenvalue weighted by Gasteiger charge is -2.40. The van der Waals surface area contributed by atoms with Crippen LogP contribution in [0.4, 0.5) is 16.5 Å². The minimum Gasteiger partial charge on any atom is -0.484 e. The number of fused-ring (bicyclic) bond motifs is 1. The van der Waals surface area contributed by atoms with E-state index in [4.69, 9.17) is 10.5 Å². The Balaban J connectivity index is 1.75. The van der Waals surface area contributed by atoms with Crippen LogP contribution in [-0.2, 0) is 4.79 Å². The summed E-state index contributed by atoms with van der Waals surface area (Å²) in [4.78, 5) is 14.5. The van der Waals surface area contributed by atoms with Crippen LogP contribution in [0.25, 0.3) is 0 Å². The van der Waals surface area contributed by atoms with E-state index in [1.54, 1.807) is 6.07 Å². The summed E-state index contributed by atoms with van der Waals surface area (Å²) in [5.41, 5.74) is 6.97. The van der Waals surface area contributed by atoms with Crippen LogP contribution in [0, 0.1) is 0 Å². The van der Waals surface area contributed by atoms with Crippen LogP contribution in [0.3, 0.4) is 0 Å². The molecule has 7 nitrogen and oxygen atoms in total. The Bertz CT molecular complexity index is 787. The molecule has 3 N–H and O–H groups in total. The molecule has 0 unspecified atom stereocenters. The fraction of sp³-hybridized carbons (Fsp3) is 0.471. The Hall–Kier alpha value is -2.35. The Morgan fingerprint density at radius 2 is 2.20 bits per heavy atom. The zero-order valence-electron chi connectivity index (χ0n) is 14.9. The smallest absolute Gasteiger partial charge is 0.245 e. The Morgan fingerprint density at radius 3 is 2.88 bits per heavy atom. The summed E-state index contributed by atoms with van der Waals surface area (Å²) in [7, 11) is 0. The molecule has 25 heavy (non-hydrogen) atoms. The first-order chi connectivity index (χ1) is 11.7. The molecule has 0 saturated carbocycles. The van der Waals surface area contributed by atoms with Gasteiger partial charge in [0.1, 0.15) is 16.4 Å². The Morgan fingerprint density at radius 1 is 1.44 bits per heavy atom. The summed E-state index contributed by atoms with van der Waals surface area (Å²) in [6.45, 7) is 8.87. The molecular formula is C17H23N5O2S. The van der Waals surface area contributed by atoms with Gasteiger partial charge in [0.2, 0.25) is 11.0 Å². The lowest BCUT2D eigenvalue weighted by atomic mass is 10.0. The molecule has 2 aromatic rings. The van der Waals surface area contributed by atoms with Gasteiger partial charge < -0.3 is 15.4 Å². The number of rotatable bonds is 4. The van der Waals surface area contributed by atoms with Crippen LogP contribution in [0.5, 0.6) is 5.75 Å². The highest BCUT2D eigenvalue weighted by atomic mass is 32.1. The SMILES string of the molecule is CC(C)c1nnc(NC(=O)CN2CC(C)(C)Oc3ccc(N)cc32)s1. The molecule has 3 rings (SSSR count). The number of carbonyl (C=O) groups excluding carboxylic acids is 1. The first-order valence-corrected chi connectivity index (χ1v) is 9.02. The highest BCUT2D eigenvalue weighted by molar-refractivity contribution is 7.15. The number of nitrogens with one attached hydrogen (secondary N) is 1. The lowest BCUT2D eigenvalue weighted by molar-refractivity contribution is -0.115. The maximum absolute atomic E-state index is 12.5. The number of hydrogen-bond donors (Lipinski definition) is 2.